The minimum Gasteiger partial charge on any atom is -0.326 e. The van der Waals surface area contributed by atoms with Gasteiger partial charge < -0.3 is 11.1 Å². The van der Waals surface area contributed by atoms with Crippen molar-refractivity contribution in [2.45, 2.75) is 18.9 Å². The summed E-state index contributed by atoms with van der Waals surface area (Å²) in [5.41, 5.74) is 7.08. The topological polar surface area (TPSA) is 50.9 Å². The summed E-state index contributed by atoms with van der Waals surface area (Å²) in [7, 11) is 0. The highest BCUT2D eigenvalue weighted by Crippen LogP contribution is 2.22. The first-order valence-electron chi connectivity index (χ1n) is 4.15. The molecule has 0 aromatic carbocycles. The van der Waals surface area contributed by atoms with Gasteiger partial charge in [0.25, 0.3) is 0 Å². The Bertz CT molecular complexity index is 271. The monoisotopic (exact) mass is 183 g/mol. The molecule has 4 heteroatoms. The van der Waals surface area contributed by atoms with E-state index in [1.165, 1.54) is 0 Å². The molecular formula is C8H13N3S. The molecule has 1 aromatic heterocycles. The molecule has 0 saturated carbocycles. The molecule has 12 heavy (non-hydrogen) atoms. The zero-order valence-corrected chi connectivity index (χ0v) is 7.90. The third-order valence-corrected chi connectivity index (χ3v) is 3.07. The SMILES string of the molecule is Cc1nc(C2CNCC2N)cs1. The van der Waals surface area contributed by atoms with E-state index in [-0.39, 0.29) is 6.04 Å². The molecule has 1 fully saturated rings. The van der Waals surface area contributed by atoms with Crippen molar-refractivity contribution < 1.29 is 0 Å². The van der Waals surface area contributed by atoms with Crippen molar-refractivity contribution in [1.82, 2.24) is 10.3 Å². The second kappa shape index (κ2) is 3.12. The van der Waals surface area contributed by atoms with Gasteiger partial charge in [0.1, 0.15) is 0 Å². The van der Waals surface area contributed by atoms with E-state index in [4.69, 9.17) is 5.73 Å². The van der Waals surface area contributed by atoms with Crippen LogP contribution in [0.3, 0.4) is 0 Å². The van der Waals surface area contributed by atoms with Crippen molar-refractivity contribution >= 4 is 11.3 Å². The maximum absolute atomic E-state index is 5.92. The molecule has 0 bridgehead atoms. The van der Waals surface area contributed by atoms with E-state index >= 15 is 0 Å². The Kier molecular flexibility index (Phi) is 2.12. The molecule has 66 valence electrons. The van der Waals surface area contributed by atoms with Crippen molar-refractivity contribution in [3.8, 4) is 0 Å². The van der Waals surface area contributed by atoms with Gasteiger partial charge in [-0.1, -0.05) is 0 Å². The number of nitrogens with zero attached hydrogens (tertiary/aromatic N) is 1. The quantitative estimate of drug-likeness (QED) is 0.665. The van der Waals surface area contributed by atoms with Gasteiger partial charge in [0.05, 0.1) is 10.7 Å². The Balaban J connectivity index is 2.19. The maximum atomic E-state index is 5.92. The Morgan fingerprint density at radius 1 is 1.67 bits per heavy atom. The van der Waals surface area contributed by atoms with E-state index in [9.17, 15) is 0 Å². The number of hydrogen-bond acceptors (Lipinski definition) is 4. The molecule has 2 atom stereocenters. The van der Waals surface area contributed by atoms with Gasteiger partial charge in [-0.25, -0.2) is 4.98 Å². The van der Waals surface area contributed by atoms with E-state index < -0.39 is 0 Å². The fraction of sp³-hybridized carbons (Fsp3) is 0.625. The van der Waals surface area contributed by atoms with Gasteiger partial charge in [-0.05, 0) is 6.92 Å². The lowest BCUT2D eigenvalue weighted by Gasteiger charge is -2.10. The summed E-state index contributed by atoms with van der Waals surface area (Å²) in [4.78, 5) is 4.44. The second-order valence-corrected chi connectivity index (χ2v) is 4.28. The number of aryl methyl sites for hydroxylation is 1. The molecule has 2 rings (SSSR count). The van der Waals surface area contributed by atoms with Crippen LogP contribution in [-0.2, 0) is 0 Å². The van der Waals surface area contributed by atoms with Crippen molar-refractivity contribution in [3.63, 3.8) is 0 Å². The fourth-order valence-electron chi connectivity index (χ4n) is 1.57. The first-order chi connectivity index (χ1) is 5.77. The van der Waals surface area contributed by atoms with Crippen LogP contribution in [0, 0.1) is 6.92 Å². The van der Waals surface area contributed by atoms with Crippen LogP contribution in [-0.4, -0.2) is 24.1 Å². The first-order valence-corrected chi connectivity index (χ1v) is 5.03. The molecule has 1 aliphatic rings. The lowest BCUT2D eigenvalue weighted by Crippen LogP contribution is -2.27. The number of nitrogens with one attached hydrogen (secondary N) is 1. The van der Waals surface area contributed by atoms with E-state index in [1.54, 1.807) is 11.3 Å². The van der Waals surface area contributed by atoms with Gasteiger partial charge in [0, 0.05) is 30.4 Å². The van der Waals surface area contributed by atoms with E-state index in [2.05, 4.69) is 15.7 Å². The van der Waals surface area contributed by atoms with Crippen LogP contribution < -0.4 is 11.1 Å². The highest BCUT2D eigenvalue weighted by Gasteiger charge is 2.26. The van der Waals surface area contributed by atoms with Gasteiger partial charge in [0.15, 0.2) is 0 Å². The number of nitrogens with two attached hydrogens (primary N) is 1. The summed E-state index contributed by atoms with van der Waals surface area (Å²) < 4.78 is 0. The molecule has 2 heterocycles. The molecular weight excluding hydrogens is 170 g/mol. The fourth-order valence-corrected chi connectivity index (χ4v) is 2.25. The third-order valence-electron chi connectivity index (χ3n) is 2.28. The van der Waals surface area contributed by atoms with Crippen LogP contribution in [0.2, 0.25) is 0 Å². The van der Waals surface area contributed by atoms with Crippen molar-refractivity contribution in [1.29, 1.82) is 0 Å². The number of rotatable bonds is 1. The van der Waals surface area contributed by atoms with Crippen LogP contribution >= 0.6 is 11.3 Å². The van der Waals surface area contributed by atoms with E-state index in [0.717, 1.165) is 23.8 Å². The van der Waals surface area contributed by atoms with Crippen LogP contribution in [0.25, 0.3) is 0 Å². The van der Waals surface area contributed by atoms with Crippen molar-refractivity contribution in [2.24, 2.45) is 5.73 Å². The molecule has 2 unspecified atom stereocenters. The third kappa shape index (κ3) is 1.37. The van der Waals surface area contributed by atoms with Gasteiger partial charge in [0.2, 0.25) is 0 Å². The van der Waals surface area contributed by atoms with E-state index in [1.807, 2.05) is 6.92 Å². The van der Waals surface area contributed by atoms with Crippen LogP contribution in [0.5, 0.6) is 0 Å². The van der Waals surface area contributed by atoms with Gasteiger partial charge in [-0.15, -0.1) is 11.3 Å². The molecule has 0 aliphatic carbocycles. The molecule has 1 saturated heterocycles. The Morgan fingerprint density at radius 2 is 2.50 bits per heavy atom. The maximum Gasteiger partial charge on any atom is 0.0897 e. The standard InChI is InChI=1S/C8H13N3S/c1-5-11-8(4-12-5)6-2-10-3-7(6)9/h4,6-7,10H,2-3,9H2,1H3. The van der Waals surface area contributed by atoms with Crippen LogP contribution in [0.1, 0.15) is 16.6 Å². The number of aromatic nitrogens is 1. The van der Waals surface area contributed by atoms with Crippen LogP contribution in [0.15, 0.2) is 5.38 Å². The first kappa shape index (κ1) is 8.16. The Morgan fingerprint density at radius 3 is 3.00 bits per heavy atom. The predicted octanol–water partition coefficient (Wildman–Crippen LogP) is 0.466. The second-order valence-electron chi connectivity index (χ2n) is 3.22. The molecule has 0 radical (unpaired) electrons. The van der Waals surface area contributed by atoms with E-state index in [0.29, 0.717) is 5.92 Å². The number of thiazole rings is 1. The zero-order chi connectivity index (χ0) is 8.55. The normalized spacial score (nSPS) is 29.5. The molecule has 0 amide bonds. The lowest BCUT2D eigenvalue weighted by molar-refractivity contribution is 0.639. The number of hydrogen-bond donors (Lipinski definition) is 2. The van der Waals surface area contributed by atoms with Crippen molar-refractivity contribution in [2.75, 3.05) is 13.1 Å². The average Bonchev–Trinajstić information content (AvgIpc) is 2.58. The molecule has 3 N–H and O–H groups in total. The summed E-state index contributed by atoms with van der Waals surface area (Å²) in [6.45, 7) is 3.92. The smallest absolute Gasteiger partial charge is 0.0897 e. The largest absolute Gasteiger partial charge is 0.326 e. The minimum absolute atomic E-state index is 0.242. The predicted molar refractivity (Wildman–Crippen MR) is 50.4 cm³/mol. The lowest BCUT2D eigenvalue weighted by atomic mass is 10.0. The summed E-state index contributed by atoms with van der Waals surface area (Å²) in [5, 5.41) is 6.52. The summed E-state index contributed by atoms with van der Waals surface area (Å²) in [6.07, 6.45) is 0. The minimum atomic E-state index is 0.242. The highest BCUT2D eigenvalue weighted by molar-refractivity contribution is 7.09. The molecule has 3 nitrogen and oxygen atoms in total. The molecule has 0 spiro atoms. The summed E-state index contributed by atoms with van der Waals surface area (Å²) in [5.74, 6) is 0.426. The zero-order valence-electron chi connectivity index (χ0n) is 7.08. The van der Waals surface area contributed by atoms with Crippen molar-refractivity contribution in [3.05, 3.63) is 16.1 Å². The average molecular weight is 183 g/mol. The van der Waals surface area contributed by atoms with Gasteiger partial charge in [-0.2, -0.15) is 0 Å². The Labute approximate surface area is 76.0 Å². The summed E-state index contributed by atoms with van der Waals surface area (Å²) in [6, 6.07) is 0.242. The van der Waals surface area contributed by atoms with Gasteiger partial charge in [-0.3, -0.25) is 0 Å². The molecule has 1 aromatic rings. The van der Waals surface area contributed by atoms with Gasteiger partial charge >= 0.3 is 0 Å². The summed E-state index contributed by atoms with van der Waals surface area (Å²) >= 11 is 1.70. The molecule has 1 aliphatic heterocycles. The van der Waals surface area contributed by atoms with Crippen LogP contribution in [0.4, 0.5) is 0 Å². The highest BCUT2D eigenvalue weighted by atomic mass is 32.1. The Hall–Kier alpha value is -0.450.